The lowest BCUT2D eigenvalue weighted by atomic mass is 10.2. The Morgan fingerprint density at radius 3 is 2.70 bits per heavy atom. The molecule has 2 amide bonds. The van der Waals surface area contributed by atoms with E-state index in [1.54, 1.807) is 6.08 Å². The highest BCUT2D eigenvalue weighted by molar-refractivity contribution is 6.00. The van der Waals surface area contributed by atoms with Crippen LogP contribution in [-0.2, 0) is 14.4 Å². The molecule has 104 valence electrons. The van der Waals surface area contributed by atoms with Gasteiger partial charge in [0, 0.05) is 12.8 Å². The highest BCUT2D eigenvalue weighted by Gasteiger charge is 2.29. The van der Waals surface area contributed by atoms with Gasteiger partial charge in [-0.3, -0.25) is 14.4 Å². The molecule has 2 aliphatic rings. The molecule has 0 aromatic heterocycles. The van der Waals surface area contributed by atoms with Crippen molar-refractivity contribution in [3.8, 4) is 11.5 Å². The molecular formula is C14H13NO5. The standard InChI is InChI=1S/C14H13NO5/c16-13-5-6-14(17)15(13)20-7-1-2-10-3-4-11-12(8-10)19-9-18-11/h1-4,8H,5-7,9H2/b2-1+. The molecule has 20 heavy (non-hydrogen) atoms. The van der Waals surface area contributed by atoms with Crippen molar-refractivity contribution in [2.45, 2.75) is 12.8 Å². The monoisotopic (exact) mass is 275 g/mol. The van der Waals surface area contributed by atoms with E-state index in [1.807, 2.05) is 24.3 Å². The van der Waals surface area contributed by atoms with Gasteiger partial charge in [0.05, 0.1) is 6.61 Å². The molecule has 1 aromatic carbocycles. The quantitative estimate of drug-likeness (QED) is 0.779. The fraction of sp³-hybridized carbons (Fsp3) is 0.286. The lowest BCUT2D eigenvalue weighted by molar-refractivity contribution is -0.184. The van der Waals surface area contributed by atoms with Crippen molar-refractivity contribution in [3.63, 3.8) is 0 Å². The predicted octanol–water partition coefficient (Wildman–Crippen LogP) is 1.51. The van der Waals surface area contributed by atoms with Crippen LogP contribution in [0, 0.1) is 0 Å². The van der Waals surface area contributed by atoms with Gasteiger partial charge in [0.25, 0.3) is 11.8 Å². The highest BCUT2D eigenvalue weighted by Crippen LogP contribution is 2.32. The Hall–Kier alpha value is -2.34. The predicted molar refractivity (Wildman–Crippen MR) is 68.6 cm³/mol. The first kappa shape index (κ1) is 12.7. The molecule has 3 rings (SSSR count). The van der Waals surface area contributed by atoms with Crippen LogP contribution in [0.25, 0.3) is 6.08 Å². The van der Waals surface area contributed by atoms with E-state index in [-0.39, 0.29) is 38.1 Å². The molecule has 0 spiro atoms. The van der Waals surface area contributed by atoms with Gasteiger partial charge in [0.2, 0.25) is 6.79 Å². The normalized spacial score (nSPS) is 17.5. The van der Waals surface area contributed by atoms with Gasteiger partial charge in [-0.15, -0.1) is 0 Å². The third kappa shape index (κ3) is 2.50. The third-order valence-electron chi connectivity index (χ3n) is 3.01. The zero-order valence-corrected chi connectivity index (χ0v) is 10.7. The van der Waals surface area contributed by atoms with Gasteiger partial charge >= 0.3 is 0 Å². The number of fused-ring (bicyclic) bond motifs is 1. The van der Waals surface area contributed by atoms with E-state index in [9.17, 15) is 9.59 Å². The average Bonchev–Trinajstić information content (AvgIpc) is 3.03. The number of nitrogens with zero attached hydrogens (tertiary/aromatic N) is 1. The van der Waals surface area contributed by atoms with Gasteiger partial charge in [-0.05, 0) is 17.7 Å². The summed E-state index contributed by atoms with van der Waals surface area (Å²) in [7, 11) is 0. The van der Waals surface area contributed by atoms with Gasteiger partial charge in [-0.25, -0.2) is 0 Å². The summed E-state index contributed by atoms with van der Waals surface area (Å²) in [6.07, 6.45) is 4.01. The fourth-order valence-electron chi connectivity index (χ4n) is 2.02. The van der Waals surface area contributed by atoms with Crippen LogP contribution >= 0.6 is 0 Å². The lowest BCUT2D eigenvalue weighted by Crippen LogP contribution is -2.29. The van der Waals surface area contributed by atoms with E-state index in [1.165, 1.54) is 0 Å². The fourth-order valence-corrected chi connectivity index (χ4v) is 2.02. The van der Waals surface area contributed by atoms with Crippen LogP contribution in [0.5, 0.6) is 11.5 Å². The van der Waals surface area contributed by atoms with Crippen molar-refractivity contribution < 1.29 is 23.9 Å². The average molecular weight is 275 g/mol. The lowest BCUT2D eigenvalue weighted by Gasteiger charge is -2.10. The smallest absolute Gasteiger partial charge is 0.254 e. The largest absolute Gasteiger partial charge is 0.454 e. The Bertz CT molecular complexity index is 565. The van der Waals surface area contributed by atoms with Crippen molar-refractivity contribution in [1.82, 2.24) is 5.06 Å². The summed E-state index contributed by atoms with van der Waals surface area (Å²) in [6, 6.07) is 5.57. The second-order valence-electron chi connectivity index (χ2n) is 4.39. The molecule has 0 aliphatic carbocycles. The van der Waals surface area contributed by atoms with E-state index >= 15 is 0 Å². The second kappa shape index (κ2) is 5.34. The summed E-state index contributed by atoms with van der Waals surface area (Å²) in [5.41, 5.74) is 0.928. The summed E-state index contributed by atoms with van der Waals surface area (Å²) < 4.78 is 10.5. The number of rotatable bonds is 4. The number of carbonyl (C=O) groups excluding carboxylic acids is 2. The molecule has 1 aromatic rings. The van der Waals surface area contributed by atoms with E-state index in [2.05, 4.69) is 0 Å². The Morgan fingerprint density at radius 2 is 1.90 bits per heavy atom. The second-order valence-corrected chi connectivity index (χ2v) is 4.39. The minimum atomic E-state index is -0.286. The molecule has 1 saturated heterocycles. The number of ether oxygens (including phenoxy) is 2. The van der Waals surface area contributed by atoms with Crippen molar-refractivity contribution in [2.75, 3.05) is 13.4 Å². The first-order valence-electron chi connectivity index (χ1n) is 6.29. The van der Waals surface area contributed by atoms with Crippen LogP contribution in [0.2, 0.25) is 0 Å². The number of benzene rings is 1. The number of hydrogen-bond acceptors (Lipinski definition) is 5. The minimum absolute atomic E-state index is 0.159. The van der Waals surface area contributed by atoms with Gasteiger partial charge < -0.3 is 9.47 Å². The molecule has 1 fully saturated rings. The number of amides is 2. The molecule has 2 aliphatic heterocycles. The minimum Gasteiger partial charge on any atom is -0.454 e. The SMILES string of the molecule is O=C1CCC(=O)N1OC/C=C/c1ccc2c(c1)OCO2. The molecular weight excluding hydrogens is 262 g/mol. The molecule has 0 atom stereocenters. The Balaban J connectivity index is 1.55. The van der Waals surface area contributed by atoms with Crippen LogP contribution in [0.4, 0.5) is 0 Å². The number of hydroxylamine groups is 2. The van der Waals surface area contributed by atoms with Crippen LogP contribution in [0.3, 0.4) is 0 Å². The number of hydrogen-bond donors (Lipinski definition) is 0. The first-order chi connectivity index (χ1) is 9.74. The number of carbonyl (C=O) groups is 2. The van der Waals surface area contributed by atoms with Gasteiger partial charge in [0.1, 0.15) is 0 Å². The van der Waals surface area contributed by atoms with Crippen molar-refractivity contribution in [3.05, 3.63) is 29.8 Å². The maximum absolute atomic E-state index is 11.3. The number of imide groups is 1. The molecule has 2 heterocycles. The van der Waals surface area contributed by atoms with Gasteiger partial charge in [-0.2, -0.15) is 5.06 Å². The Kier molecular flexibility index (Phi) is 3.39. The summed E-state index contributed by atoms with van der Waals surface area (Å²) in [5.74, 6) is 0.864. The van der Waals surface area contributed by atoms with Gasteiger partial charge in [-0.1, -0.05) is 18.2 Å². The summed E-state index contributed by atoms with van der Waals surface area (Å²) in [6.45, 7) is 0.400. The Labute approximate surface area is 115 Å². The van der Waals surface area contributed by atoms with Crippen molar-refractivity contribution >= 4 is 17.9 Å². The van der Waals surface area contributed by atoms with Crippen LogP contribution in [0.1, 0.15) is 18.4 Å². The van der Waals surface area contributed by atoms with Gasteiger partial charge in [0.15, 0.2) is 11.5 Å². The van der Waals surface area contributed by atoms with E-state index in [0.29, 0.717) is 5.75 Å². The van der Waals surface area contributed by atoms with E-state index < -0.39 is 0 Å². The highest BCUT2D eigenvalue weighted by atomic mass is 16.7. The third-order valence-corrected chi connectivity index (χ3v) is 3.01. The maximum atomic E-state index is 11.3. The summed E-state index contributed by atoms with van der Waals surface area (Å²) in [4.78, 5) is 27.7. The molecule has 6 heteroatoms. The van der Waals surface area contributed by atoms with E-state index in [4.69, 9.17) is 14.3 Å². The summed E-state index contributed by atoms with van der Waals surface area (Å²) in [5, 5.41) is 0.837. The van der Waals surface area contributed by atoms with Crippen LogP contribution < -0.4 is 9.47 Å². The van der Waals surface area contributed by atoms with Crippen LogP contribution in [-0.4, -0.2) is 30.3 Å². The maximum Gasteiger partial charge on any atom is 0.254 e. The van der Waals surface area contributed by atoms with Crippen molar-refractivity contribution in [2.24, 2.45) is 0 Å². The molecule has 0 saturated carbocycles. The van der Waals surface area contributed by atoms with Crippen molar-refractivity contribution in [1.29, 1.82) is 0 Å². The van der Waals surface area contributed by atoms with E-state index in [0.717, 1.165) is 16.4 Å². The van der Waals surface area contributed by atoms with Crippen LogP contribution in [0.15, 0.2) is 24.3 Å². The molecule has 6 nitrogen and oxygen atoms in total. The molecule has 0 unspecified atom stereocenters. The molecule has 0 bridgehead atoms. The molecule has 0 N–H and O–H groups in total. The topological polar surface area (TPSA) is 65.1 Å². The Morgan fingerprint density at radius 1 is 1.15 bits per heavy atom. The summed E-state index contributed by atoms with van der Waals surface area (Å²) >= 11 is 0. The zero-order chi connectivity index (χ0) is 13.9. The first-order valence-corrected chi connectivity index (χ1v) is 6.29. The molecule has 0 radical (unpaired) electrons. The zero-order valence-electron chi connectivity index (χ0n) is 10.7.